The minimum atomic E-state index is -0.0659. The molecule has 0 saturated carbocycles. The Hall–Kier alpha value is -4.70. The van der Waals surface area contributed by atoms with Gasteiger partial charge in [0, 0.05) is 33.8 Å². The molecule has 1 aromatic heterocycles. The average Bonchev–Trinajstić information content (AvgIpc) is 3.54. The lowest BCUT2D eigenvalue weighted by molar-refractivity contribution is 0.331. The highest BCUT2D eigenvalue weighted by molar-refractivity contribution is 7.00. The molecule has 0 saturated heterocycles. The smallest absolute Gasteiger partial charge is 0.297 e. The normalized spacial score (nSPS) is 19.3. The van der Waals surface area contributed by atoms with Crippen LogP contribution in [0.5, 0.6) is 0 Å². The molecule has 6 aromatic rings. The Labute approximate surface area is 347 Å². The van der Waals surface area contributed by atoms with Crippen LogP contribution in [0.2, 0.25) is 0 Å². The topological polar surface area (TPSA) is 19.6 Å². The van der Waals surface area contributed by atoms with Gasteiger partial charge in [0.2, 0.25) is 0 Å². The van der Waals surface area contributed by atoms with Crippen LogP contribution in [0, 0.1) is 13.8 Å². The van der Waals surface area contributed by atoms with Crippen molar-refractivity contribution in [3.8, 4) is 0 Å². The number of hydrogen-bond acceptors (Lipinski definition) is 3. The van der Waals surface area contributed by atoms with Crippen LogP contribution < -0.4 is 26.4 Å². The van der Waals surface area contributed by atoms with E-state index in [2.05, 4.69) is 185 Å². The van der Waals surface area contributed by atoms with Gasteiger partial charge >= 0.3 is 0 Å². The third-order valence-electron chi connectivity index (χ3n) is 15.1. The molecule has 0 atom stereocenters. The fraction of sp³-hybridized carbons (Fsp3) is 0.407. The van der Waals surface area contributed by atoms with Crippen molar-refractivity contribution in [3.63, 3.8) is 0 Å². The maximum absolute atomic E-state index is 7.22. The molecule has 3 nitrogen and oxygen atoms in total. The molecule has 2 aliphatic heterocycles. The van der Waals surface area contributed by atoms with Gasteiger partial charge in [0.1, 0.15) is 5.58 Å². The Kier molecular flexibility index (Phi) is 7.74. The number of anilines is 6. The standard InChI is InChI=1S/C54H61BN2O/c1-32-28-42-46-43(29-32)57(41-31-39-38(30-33(41)2)52(8,9)24-25-53(39,10)11)48-40(23-22-37-45(48)54(12,13)27-26-51(37,6)7)55(46)49-47(36-16-14-15-17-44(36)58-49)56(42)35-20-18-34(19-21-35)50(3,4)5/h14-23,28-31H,24-27H2,1-13H3. The molecule has 4 aliphatic rings. The maximum Gasteiger partial charge on any atom is 0.297 e. The summed E-state index contributed by atoms with van der Waals surface area (Å²) in [6.45, 7) is 31.2. The van der Waals surface area contributed by atoms with Gasteiger partial charge in [-0.2, -0.15) is 0 Å². The summed E-state index contributed by atoms with van der Waals surface area (Å²) in [5, 5.41) is 1.16. The molecule has 4 heteroatoms. The predicted molar refractivity (Wildman–Crippen MR) is 249 cm³/mol. The van der Waals surface area contributed by atoms with Gasteiger partial charge < -0.3 is 14.2 Å². The number of nitrogens with zero attached hydrogens (tertiary/aromatic N) is 2. The zero-order valence-electron chi connectivity index (χ0n) is 37.3. The number of benzene rings is 5. The van der Waals surface area contributed by atoms with Gasteiger partial charge in [-0.1, -0.05) is 119 Å². The SMILES string of the molecule is Cc1cc2c3c(c1)N(c1ccc(C(C)(C)C)cc1)c1c(oc4ccccc14)B3c1ccc3c(c1N2c1cc2c(cc1C)C(C)(C)CCC2(C)C)C(C)(C)CCC3(C)C. The van der Waals surface area contributed by atoms with E-state index in [1.165, 1.54) is 97.6 Å². The second kappa shape index (κ2) is 12.0. The van der Waals surface area contributed by atoms with Crippen molar-refractivity contribution < 1.29 is 4.42 Å². The van der Waals surface area contributed by atoms with Crippen LogP contribution >= 0.6 is 0 Å². The highest BCUT2D eigenvalue weighted by atomic mass is 16.3. The highest BCUT2D eigenvalue weighted by Crippen LogP contribution is 2.56. The number of aryl methyl sites for hydroxylation is 2. The molecular weight excluding hydrogens is 703 g/mol. The van der Waals surface area contributed by atoms with Gasteiger partial charge in [-0.25, -0.2) is 0 Å². The number of rotatable bonds is 2. The van der Waals surface area contributed by atoms with E-state index >= 15 is 0 Å². The summed E-state index contributed by atoms with van der Waals surface area (Å²) >= 11 is 0. The minimum Gasteiger partial charge on any atom is -0.468 e. The monoisotopic (exact) mass is 764 g/mol. The summed E-state index contributed by atoms with van der Waals surface area (Å²) in [7, 11) is 0. The van der Waals surface area contributed by atoms with E-state index in [9.17, 15) is 0 Å². The lowest BCUT2D eigenvalue weighted by Crippen LogP contribution is -2.61. The molecule has 0 spiro atoms. The lowest BCUT2D eigenvalue weighted by Gasteiger charge is -2.49. The first-order valence-corrected chi connectivity index (χ1v) is 21.9. The van der Waals surface area contributed by atoms with E-state index in [0.717, 1.165) is 28.7 Å². The van der Waals surface area contributed by atoms with Gasteiger partial charge in [0.05, 0.1) is 11.3 Å². The Balaban J connectivity index is 1.35. The molecule has 3 heterocycles. The molecule has 5 aromatic carbocycles. The molecular formula is C54H61BN2O. The van der Waals surface area contributed by atoms with Crippen LogP contribution in [0.25, 0.3) is 11.0 Å². The largest absolute Gasteiger partial charge is 0.468 e. The maximum atomic E-state index is 7.22. The van der Waals surface area contributed by atoms with Crippen molar-refractivity contribution in [3.05, 3.63) is 124 Å². The van der Waals surface area contributed by atoms with E-state index in [1.54, 1.807) is 0 Å². The predicted octanol–water partition coefficient (Wildman–Crippen LogP) is 13.1. The first kappa shape index (κ1) is 37.6. The van der Waals surface area contributed by atoms with Crippen molar-refractivity contribution in [1.29, 1.82) is 0 Å². The van der Waals surface area contributed by atoms with Crippen LogP contribution in [0.3, 0.4) is 0 Å². The van der Waals surface area contributed by atoms with Gasteiger partial charge in [0.15, 0.2) is 0 Å². The third-order valence-corrected chi connectivity index (χ3v) is 15.1. The summed E-state index contributed by atoms with van der Waals surface area (Å²) in [6.07, 6.45) is 4.70. The molecule has 58 heavy (non-hydrogen) atoms. The van der Waals surface area contributed by atoms with Gasteiger partial charge in [-0.15, -0.1) is 0 Å². The summed E-state index contributed by atoms with van der Waals surface area (Å²) in [6, 6.07) is 33.1. The summed E-state index contributed by atoms with van der Waals surface area (Å²) in [5.41, 5.74) is 22.4. The molecule has 0 bridgehead atoms. The zero-order valence-corrected chi connectivity index (χ0v) is 37.3. The lowest BCUT2D eigenvalue weighted by atomic mass is 9.35. The van der Waals surface area contributed by atoms with Crippen molar-refractivity contribution in [2.24, 2.45) is 0 Å². The van der Waals surface area contributed by atoms with Crippen LogP contribution in [0.15, 0.2) is 89.3 Å². The van der Waals surface area contributed by atoms with Crippen LogP contribution in [-0.4, -0.2) is 6.71 Å². The third kappa shape index (κ3) is 5.25. The molecule has 10 rings (SSSR count). The van der Waals surface area contributed by atoms with Crippen molar-refractivity contribution in [2.45, 2.75) is 143 Å². The second-order valence-corrected chi connectivity index (χ2v) is 22.1. The second-order valence-electron chi connectivity index (χ2n) is 22.1. The Morgan fingerprint density at radius 2 is 1.17 bits per heavy atom. The van der Waals surface area contributed by atoms with E-state index in [1.807, 2.05) is 0 Å². The van der Waals surface area contributed by atoms with Crippen molar-refractivity contribution in [1.82, 2.24) is 0 Å². The first-order chi connectivity index (χ1) is 27.2. The van der Waals surface area contributed by atoms with Crippen molar-refractivity contribution in [2.75, 3.05) is 9.80 Å². The van der Waals surface area contributed by atoms with E-state index in [-0.39, 0.29) is 33.8 Å². The quantitative estimate of drug-likeness (QED) is 0.163. The van der Waals surface area contributed by atoms with Crippen molar-refractivity contribution >= 4 is 68.4 Å². The van der Waals surface area contributed by atoms with Crippen LogP contribution in [0.4, 0.5) is 34.1 Å². The fourth-order valence-electron chi connectivity index (χ4n) is 11.4. The Morgan fingerprint density at radius 1 is 0.586 bits per heavy atom. The van der Waals surface area contributed by atoms with Gasteiger partial charge in [0.25, 0.3) is 6.71 Å². The number of fused-ring (bicyclic) bond motifs is 9. The van der Waals surface area contributed by atoms with Gasteiger partial charge in [-0.3, -0.25) is 0 Å². The highest BCUT2D eigenvalue weighted by Gasteiger charge is 2.51. The molecule has 0 amide bonds. The summed E-state index contributed by atoms with van der Waals surface area (Å²) < 4.78 is 7.22. The van der Waals surface area contributed by atoms with E-state index in [0.29, 0.717) is 0 Å². The minimum absolute atomic E-state index is 0.0197. The first-order valence-electron chi connectivity index (χ1n) is 21.9. The molecule has 0 N–H and O–H groups in total. The molecule has 0 unspecified atom stereocenters. The van der Waals surface area contributed by atoms with Crippen LogP contribution in [-0.2, 0) is 27.1 Å². The van der Waals surface area contributed by atoms with E-state index in [4.69, 9.17) is 4.42 Å². The van der Waals surface area contributed by atoms with Gasteiger partial charge in [-0.05, 0) is 159 Å². The number of furan rings is 1. The molecule has 0 radical (unpaired) electrons. The van der Waals surface area contributed by atoms with E-state index < -0.39 is 0 Å². The number of hydrogen-bond donors (Lipinski definition) is 0. The molecule has 0 fully saturated rings. The van der Waals surface area contributed by atoms with Crippen LogP contribution in [0.1, 0.15) is 141 Å². The zero-order chi connectivity index (χ0) is 41.1. The molecule has 2 aliphatic carbocycles. The average molecular weight is 765 g/mol. The Bertz CT molecular complexity index is 2700. The fourth-order valence-corrected chi connectivity index (χ4v) is 11.4. The summed E-state index contributed by atoms with van der Waals surface area (Å²) in [4.78, 5) is 5.26. The molecule has 296 valence electrons. The Morgan fingerprint density at radius 3 is 1.83 bits per heavy atom. The number of para-hydroxylation sites is 1. The summed E-state index contributed by atoms with van der Waals surface area (Å²) in [5.74, 6) is 0.